The number of benzene rings is 1. The molecule has 1 aromatic rings. The van der Waals surface area contributed by atoms with E-state index in [0.717, 1.165) is 0 Å². The van der Waals surface area contributed by atoms with E-state index in [-0.39, 0.29) is 13.0 Å². The number of rotatable bonds is 3. The van der Waals surface area contributed by atoms with Gasteiger partial charge < -0.3 is 24.8 Å². The molecule has 0 aliphatic carbocycles. The second-order valence-electron chi connectivity index (χ2n) is 4.01. The first-order valence-corrected chi connectivity index (χ1v) is 5.55. The highest BCUT2D eigenvalue weighted by Gasteiger charge is 2.37. The van der Waals surface area contributed by atoms with Crippen molar-refractivity contribution in [3.05, 3.63) is 30.3 Å². The van der Waals surface area contributed by atoms with Crippen LogP contribution in [0.1, 0.15) is 6.42 Å². The first-order chi connectivity index (χ1) is 8.20. The number of hydrogen-bond acceptors (Lipinski definition) is 5. The molecule has 1 fully saturated rings. The van der Waals surface area contributed by atoms with Crippen LogP contribution in [0.2, 0.25) is 0 Å². The molecule has 94 valence electrons. The molecule has 1 saturated heterocycles. The minimum atomic E-state index is -1.07. The Labute approximate surface area is 99.2 Å². The minimum absolute atomic E-state index is 0.173. The van der Waals surface area contributed by atoms with Gasteiger partial charge >= 0.3 is 0 Å². The Morgan fingerprint density at radius 2 is 1.94 bits per heavy atom. The van der Waals surface area contributed by atoms with Crippen LogP contribution in [-0.4, -0.2) is 46.5 Å². The third-order valence-corrected chi connectivity index (χ3v) is 2.73. The van der Waals surface area contributed by atoms with Crippen LogP contribution in [0.5, 0.6) is 5.75 Å². The van der Waals surface area contributed by atoms with E-state index in [4.69, 9.17) is 14.6 Å². The van der Waals surface area contributed by atoms with Gasteiger partial charge in [0.25, 0.3) is 0 Å². The van der Waals surface area contributed by atoms with Gasteiger partial charge in [0, 0.05) is 6.42 Å². The molecular weight excluding hydrogens is 224 g/mol. The fraction of sp³-hybridized carbons (Fsp3) is 0.500. The van der Waals surface area contributed by atoms with E-state index in [1.54, 1.807) is 12.1 Å². The molecule has 1 aliphatic heterocycles. The summed E-state index contributed by atoms with van der Waals surface area (Å²) in [6, 6.07) is 9.06. The summed E-state index contributed by atoms with van der Waals surface area (Å²) in [7, 11) is 0. The van der Waals surface area contributed by atoms with E-state index < -0.39 is 24.6 Å². The fourth-order valence-corrected chi connectivity index (χ4v) is 1.79. The zero-order valence-electron chi connectivity index (χ0n) is 9.27. The fourth-order valence-electron chi connectivity index (χ4n) is 1.79. The van der Waals surface area contributed by atoms with Gasteiger partial charge in [-0.3, -0.25) is 0 Å². The summed E-state index contributed by atoms with van der Waals surface area (Å²) in [5, 5.41) is 28.1. The summed E-state index contributed by atoms with van der Waals surface area (Å²) in [6.07, 6.45) is -3.32. The van der Waals surface area contributed by atoms with Gasteiger partial charge in [-0.1, -0.05) is 18.2 Å². The van der Waals surface area contributed by atoms with Crippen molar-refractivity contribution in [2.24, 2.45) is 0 Å². The second-order valence-corrected chi connectivity index (χ2v) is 4.01. The van der Waals surface area contributed by atoms with Crippen LogP contribution in [0, 0.1) is 0 Å². The Morgan fingerprint density at radius 1 is 1.24 bits per heavy atom. The van der Waals surface area contributed by atoms with Crippen molar-refractivity contribution < 1.29 is 24.8 Å². The first kappa shape index (κ1) is 12.3. The maximum atomic E-state index is 9.61. The number of para-hydroxylation sites is 1. The van der Waals surface area contributed by atoms with E-state index in [0.29, 0.717) is 5.75 Å². The lowest BCUT2D eigenvalue weighted by molar-refractivity contribution is -0.229. The van der Waals surface area contributed by atoms with Crippen molar-refractivity contribution in [3.8, 4) is 5.75 Å². The molecule has 0 radical (unpaired) electrons. The van der Waals surface area contributed by atoms with Crippen LogP contribution >= 0.6 is 0 Å². The molecule has 2 rings (SSSR count). The predicted octanol–water partition coefficient (Wildman–Crippen LogP) is -0.106. The Balaban J connectivity index is 1.98. The maximum Gasteiger partial charge on any atom is 0.202 e. The summed E-state index contributed by atoms with van der Waals surface area (Å²) >= 11 is 0. The molecule has 3 N–H and O–H groups in total. The van der Waals surface area contributed by atoms with Crippen molar-refractivity contribution in [2.75, 3.05) is 6.61 Å². The molecule has 1 aliphatic rings. The molecule has 0 unspecified atom stereocenters. The van der Waals surface area contributed by atoms with Crippen LogP contribution in [0.3, 0.4) is 0 Å². The number of aliphatic hydroxyl groups excluding tert-OH is 3. The number of hydrogen-bond donors (Lipinski definition) is 3. The topological polar surface area (TPSA) is 79.2 Å². The number of aliphatic hydroxyl groups is 3. The van der Waals surface area contributed by atoms with Crippen LogP contribution in [0.4, 0.5) is 0 Å². The third kappa shape index (κ3) is 2.95. The monoisotopic (exact) mass is 240 g/mol. The molecule has 5 heteroatoms. The zero-order valence-corrected chi connectivity index (χ0v) is 9.27. The Morgan fingerprint density at radius 3 is 2.59 bits per heavy atom. The largest absolute Gasteiger partial charge is 0.465 e. The first-order valence-electron chi connectivity index (χ1n) is 5.55. The quantitative estimate of drug-likeness (QED) is 0.687. The molecule has 0 bridgehead atoms. The van der Waals surface area contributed by atoms with Crippen molar-refractivity contribution in [1.29, 1.82) is 0 Å². The summed E-state index contributed by atoms with van der Waals surface area (Å²) < 4.78 is 10.8. The predicted molar refractivity (Wildman–Crippen MR) is 59.4 cm³/mol. The molecule has 5 nitrogen and oxygen atoms in total. The van der Waals surface area contributed by atoms with Crippen molar-refractivity contribution in [1.82, 2.24) is 0 Å². The standard InChI is InChI=1S/C12H16O5/c13-7-10-12(15)9(14)6-11(17-10)16-8-4-2-1-3-5-8/h1-5,9-15H,6-7H2/t9-,10-,11+,12+/m1/s1. The number of ether oxygens (including phenoxy) is 2. The summed E-state index contributed by atoms with van der Waals surface area (Å²) in [5.74, 6) is 0.623. The average molecular weight is 240 g/mol. The summed E-state index contributed by atoms with van der Waals surface area (Å²) in [6.45, 7) is -0.354. The van der Waals surface area contributed by atoms with Crippen molar-refractivity contribution in [2.45, 2.75) is 31.0 Å². The van der Waals surface area contributed by atoms with Crippen LogP contribution < -0.4 is 4.74 Å². The second kappa shape index (κ2) is 5.46. The molecule has 17 heavy (non-hydrogen) atoms. The van der Waals surface area contributed by atoms with Gasteiger partial charge in [0.1, 0.15) is 18.0 Å². The molecule has 1 aromatic carbocycles. The molecule has 0 saturated carbocycles. The van der Waals surface area contributed by atoms with Gasteiger partial charge in [0.05, 0.1) is 12.7 Å². The highest BCUT2D eigenvalue weighted by molar-refractivity contribution is 5.21. The highest BCUT2D eigenvalue weighted by Crippen LogP contribution is 2.23. The highest BCUT2D eigenvalue weighted by atomic mass is 16.7. The van der Waals surface area contributed by atoms with E-state index in [9.17, 15) is 10.2 Å². The SMILES string of the molecule is OC[C@H]1O[C@H](Oc2ccccc2)C[C@@H](O)[C@@H]1O. The molecule has 0 spiro atoms. The summed E-state index contributed by atoms with van der Waals surface area (Å²) in [5.41, 5.74) is 0. The average Bonchev–Trinajstić information content (AvgIpc) is 2.35. The van der Waals surface area contributed by atoms with Crippen molar-refractivity contribution >= 4 is 0 Å². The smallest absolute Gasteiger partial charge is 0.202 e. The molecule has 4 atom stereocenters. The van der Waals surface area contributed by atoms with Crippen molar-refractivity contribution in [3.63, 3.8) is 0 Å². The lowest BCUT2D eigenvalue weighted by Gasteiger charge is -2.36. The van der Waals surface area contributed by atoms with Crippen LogP contribution in [0.15, 0.2) is 30.3 Å². The minimum Gasteiger partial charge on any atom is -0.465 e. The van der Waals surface area contributed by atoms with Gasteiger partial charge in [-0.2, -0.15) is 0 Å². The summed E-state index contributed by atoms with van der Waals surface area (Å²) in [4.78, 5) is 0. The van der Waals surface area contributed by atoms with E-state index >= 15 is 0 Å². The molecule has 0 amide bonds. The van der Waals surface area contributed by atoms with Gasteiger partial charge in [-0.15, -0.1) is 0 Å². The van der Waals surface area contributed by atoms with E-state index in [1.165, 1.54) is 0 Å². The van der Waals surface area contributed by atoms with Gasteiger partial charge in [-0.25, -0.2) is 0 Å². The van der Waals surface area contributed by atoms with Crippen LogP contribution in [-0.2, 0) is 4.74 Å². The lowest BCUT2D eigenvalue weighted by atomic mass is 10.0. The normalized spacial score (nSPS) is 33.4. The molecule has 0 aromatic heterocycles. The Hall–Kier alpha value is -1.14. The third-order valence-electron chi connectivity index (χ3n) is 2.73. The molecular formula is C12H16O5. The maximum absolute atomic E-state index is 9.61. The molecule has 1 heterocycles. The zero-order chi connectivity index (χ0) is 12.3. The van der Waals surface area contributed by atoms with Gasteiger partial charge in [0.15, 0.2) is 0 Å². The van der Waals surface area contributed by atoms with E-state index in [2.05, 4.69) is 0 Å². The van der Waals surface area contributed by atoms with Gasteiger partial charge in [0.2, 0.25) is 6.29 Å². The van der Waals surface area contributed by atoms with Gasteiger partial charge in [-0.05, 0) is 12.1 Å². The van der Waals surface area contributed by atoms with Crippen LogP contribution in [0.25, 0.3) is 0 Å². The Kier molecular flexibility index (Phi) is 3.96. The Bertz CT molecular complexity index is 342. The lowest BCUT2D eigenvalue weighted by Crippen LogP contribution is -2.51. The van der Waals surface area contributed by atoms with E-state index in [1.807, 2.05) is 18.2 Å².